The number of aliphatic imine (C=N–C) groups is 1. The van der Waals surface area contributed by atoms with Crippen molar-refractivity contribution in [2.45, 2.75) is 0 Å². The summed E-state index contributed by atoms with van der Waals surface area (Å²) in [6.45, 7) is 0. The molecule has 0 aliphatic carbocycles. The minimum atomic E-state index is 0. The van der Waals surface area contributed by atoms with E-state index in [0.29, 0.717) is 23.1 Å². The summed E-state index contributed by atoms with van der Waals surface area (Å²) in [5.74, 6) is 0.689. The first kappa shape index (κ1) is 15.4. The Balaban J connectivity index is 0.00000157. The molecule has 122 valence electrons. The van der Waals surface area contributed by atoms with E-state index in [0.717, 1.165) is 22.4 Å². The molecule has 0 saturated carbocycles. The maximum Gasteiger partial charge on any atom is 0.253 e. The standard InChI is InChI=1S/C16H10N8.Fe/c1-2-11-6-13-8-17-15(20-13)22-16-21-14(23-24-16)7-12-4-3-10(19-12)5-9(1)18-11;/h1-8,18H,(H,17,20,21,22,23,24);. The minimum absolute atomic E-state index is 0. The van der Waals surface area contributed by atoms with Gasteiger partial charge in [0.15, 0.2) is 5.65 Å². The molecule has 0 radical (unpaired) electrons. The average Bonchev–Trinajstić information content (AvgIpc) is 3.32. The summed E-state index contributed by atoms with van der Waals surface area (Å²) in [7, 11) is 0. The van der Waals surface area contributed by atoms with Crippen molar-refractivity contribution in [2.75, 3.05) is 0 Å². The molecule has 3 aromatic heterocycles. The fourth-order valence-electron chi connectivity index (χ4n) is 2.51. The van der Waals surface area contributed by atoms with Gasteiger partial charge in [-0.1, -0.05) is 0 Å². The number of aromatic nitrogens is 7. The van der Waals surface area contributed by atoms with Crippen LogP contribution in [-0.2, 0) is 17.1 Å². The maximum absolute atomic E-state index is 4.53. The third kappa shape index (κ3) is 3.10. The van der Waals surface area contributed by atoms with E-state index in [1.807, 2.05) is 36.4 Å². The first-order valence-corrected chi connectivity index (χ1v) is 7.31. The largest absolute Gasteiger partial charge is 0.355 e. The van der Waals surface area contributed by atoms with Gasteiger partial charge in [-0.05, 0) is 36.4 Å². The van der Waals surface area contributed by atoms with Crippen LogP contribution in [0.1, 0.15) is 17.1 Å². The second-order valence-corrected chi connectivity index (χ2v) is 5.34. The van der Waals surface area contributed by atoms with E-state index in [9.17, 15) is 0 Å². The van der Waals surface area contributed by atoms with Crippen molar-refractivity contribution in [3.8, 4) is 0 Å². The van der Waals surface area contributed by atoms with Crippen LogP contribution >= 0.6 is 0 Å². The Labute approximate surface area is 151 Å². The van der Waals surface area contributed by atoms with E-state index >= 15 is 0 Å². The summed E-state index contributed by atoms with van der Waals surface area (Å²) < 4.78 is 0. The molecule has 5 heterocycles. The van der Waals surface area contributed by atoms with E-state index < -0.39 is 0 Å². The van der Waals surface area contributed by atoms with Crippen LogP contribution in [0.2, 0.25) is 0 Å². The van der Waals surface area contributed by atoms with E-state index in [1.165, 1.54) is 0 Å². The number of hydrogen-bond acceptors (Lipinski definition) is 6. The summed E-state index contributed by atoms with van der Waals surface area (Å²) in [6, 6.07) is 9.66. The Morgan fingerprint density at radius 2 is 1.48 bits per heavy atom. The van der Waals surface area contributed by atoms with Crippen molar-refractivity contribution >= 4 is 46.8 Å². The zero-order valence-electron chi connectivity index (χ0n) is 12.7. The molecule has 0 unspecified atom stereocenters. The molecule has 0 aromatic carbocycles. The SMILES string of the molecule is C1=Cc2cc3nnc(nc4nc(cc5ccc(cc1n2)[nH]5)C=N4)[nH]3.[Fe]. The third-order valence-corrected chi connectivity index (χ3v) is 3.55. The monoisotopic (exact) mass is 370 g/mol. The Kier molecular flexibility index (Phi) is 3.72. The molecule has 2 aliphatic heterocycles. The molecule has 3 aromatic rings. The molecule has 8 bridgehead atoms. The van der Waals surface area contributed by atoms with Crippen molar-refractivity contribution in [3.05, 3.63) is 47.4 Å². The van der Waals surface area contributed by atoms with Crippen molar-refractivity contribution < 1.29 is 17.1 Å². The second kappa shape index (κ2) is 6.04. The fraction of sp³-hybridized carbons (Fsp3) is 0. The molecule has 2 aliphatic rings. The van der Waals surface area contributed by atoms with Crippen molar-refractivity contribution in [1.82, 2.24) is 35.1 Å². The summed E-state index contributed by atoms with van der Waals surface area (Å²) in [4.78, 5) is 23.6. The van der Waals surface area contributed by atoms with Gasteiger partial charge in [0, 0.05) is 34.2 Å². The van der Waals surface area contributed by atoms with E-state index in [-0.39, 0.29) is 17.1 Å². The molecule has 0 amide bonds. The predicted octanol–water partition coefficient (Wildman–Crippen LogP) is 2.42. The Bertz CT molecular complexity index is 997. The molecule has 2 N–H and O–H groups in total. The number of rotatable bonds is 0. The van der Waals surface area contributed by atoms with Gasteiger partial charge < -0.3 is 9.97 Å². The van der Waals surface area contributed by atoms with Gasteiger partial charge in [-0.25, -0.2) is 15.0 Å². The van der Waals surface area contributed by atoms with E-state index in [4.69, 9.17) is 0 Å². The van der Waals surface area contributed by atoms with E-state index in [2.05, 4.69) is 40.1 Å². The van der Waals surface area contributed by atoms with Crippen LogP contribution in [0.15, 0.2) is 35.3 Å². The summed E-state index contributed by atoms with van der Waals surface area (Å²) in [5, 5.41) is 8.02. The van der Waals surface area contributed by atoms with Crippen molar-refractivity contribution in [2.24, 2.45) is 4.99 Å². The Morgan fingerprint density at radius 1 is 0.720 bits per heavy atom. The number of nitrogens with one attached hydrogen (secondary N) is 2. The van der Waals surface area contributed by atoms with Gasteiger partial charge in [-0.2, -0.15) is 4.98 Å². The van der Waals surface area contributed by atoms with Gasteiger partial charge in [0.1, 0.15) is 0 Å². The molecule has 0 atom stereocenters. The molecule has 25 heavy (non-hydrogen) atoms. The normalized spacial score (nSPS) is 12.2. The molecule has 8 nitrogen and oxygen atoms in total. The summed E-state index contributed by atoms with van der Waals surface area (Å²) in [6.07, 6.45) is 5.53. The Hall–Kier alpha value is -3.16. The molecule has 0 fully saturated rings. The minimum Gasteiger partial charge on any atom is -0.355 e. The second-order valence-electron chi connectivity index (χ2n) is 5.34. The van der Waals surface area contributed by atoms with Gasteiger partial charge in [0.25, 0.3) is 11.7 Å². The van der Waals surface area contributed by atoms with Crippen LogP contribution in [0.25, 0.3) is 34.6 Å². The Morgan fingerprint density at radius 3 is 2.32 bits per heavy atom. The summed E-state index contributed by atoms with van der Waals surface area (Å²) >= 11 is 0. The van der Waals surface area contributed by atoms with Gasteiger partial charge >= 0.3 is 0 Å². The number of nitrogens with zero attached hydrogens (tertiary/aromatic N) is 6. The molecule has 9 heteroatoms. The van der Waals surface area contributed by atoms with Crippen LogP contribution in [0, 0.1) is 0 Å². The fourth-order valence-corrected chi connectivity index (χ4v) is 2.51. The number of H-pyrrole nitrogens is 2. The maximum atomic E-state index is 4.53. The topological polar surface area (TPSA) is 108 Å². The number of fused-ring (bicyclic) bond motifs is 8. The number of aromatic amines is 2. The smallest absolute Gasteiger partial charge is 0.253 e. The van der Waals surface area contributed by atoms with Crippen LogP contribution in [0.3, 0.4) is 0 Å². The van der Waals surface area contributed by atoms with Crippen LogP contribution in [0.4, 0.5) is 5.95 Å². The molecule has 0 spiro atoms. The summed E-state index contributed by atoms with van der Waals surface area (Å²) in [5.41, 5.74) is 4.84. The predicted molar refractivity (Wildman–Crippen MR) is 90.6 cm³/mol. The number of hydrogen-bond donors (Lipinski definition) is 2. The van der Waals surface area contributed by atoms with Gasteiger partial charge in [0.2, 0.25) is 0 Å². The molecular weight excluding hydrogens is 360 g/mol. The zero-order chi connectivity index (χ0) is 15.9. The molecule has 5 rings (SSSR count). The van der Waals surface area contributed by atoms with Gasteiger partial charge in [-0.15, -0.1) is 10.2 Å². The third-order valence-electron chi connectivity index (χ3n) is 3.55. The van der Waals surface area contributed by atoms with E-state index in [1.54, 1.807) is 12.3 Å². The molecular formula is C16H10FeN8. The van der Waals surface area contributed by atoms with Gasteiger partial charge in [-0.3, -0.25) is 0 Å². The van der Waals surface area contributed by atoms with Crippen LogP contribution in [0.5, 0.6) is 0 Å². The quantitative estimate of drug-likeness (QED) is 0.407. The van der Waals surface area contributed by atoms with Crippen molar-refractivity contribution in [3.63, 3.8) is 0 Å². The average molecular weight is 370 g/mol. The van der Waals surface area contributed by atoms with Crippen LogP contribution in [-0.4, -0.2) is 41.3 Å². The van der Waals surface area contributed by atoms with Gasteiger partial charge in [0.05, 0.1) is 23.3 Å². The van der Waals surface area contributed by atoms with Crippen molar-refractivity contribution in [1.29, 1.82) is 0 Å². The zero-order valence-corrected chi connectivity index (χ0v) is 13.8. The van der Waals surface area contributed by atoms with Crippen LogP contribution < -0.4 is 0 Å². The molecule has 0 saturated heterocycles. The first-order chi connectivity index (χ1) is 11.8. The first-order valence-electron chi connectivity index (χ1n) is 7.31.